The molecule has 11 heteroatoms. The summed E-state index contributed by atoms with van der Waals surface area (Å²) in [7, 11) is 1.93. The Labute approximate surface area is 324 Å². The van der Waals surface area contributed by atoms with Crippen LogP contribution >= 0.6 is 0 Å². The van der Waals surface area contributed by atoms with E-state index in [4.69, 9.17) is 10.00 Å². The molecule has 2 aromatic carbocycles. The number of aromatic nitrogens is 2. The predicted molar refractivity (Wildman–Crippen MR) is 195 cm³/mol. The van der Waals surface area contributed by atoms with Gasteiger partial charge in [0.2, 0.25) is 5.91 Å². The molecular weight excluding hydrogens is 708 g/mol. The fourth-order valence-electron chi connectivity index (χ4n) is 5.35. The van der Waals surface area contributed by atoms with Crippen LogP contribution in [0.25, 0.3) is 17.5 Å². The minimum atomic E-state index is -0.750. The molecule has 1 N–H and O–H groups in total. The molecule has 2 heterocycles. The molecule has 1 aliphatic heterocycles. The number of carbonyl (C=O) groups is 1. The number of aryl methyl sites for hydroxylation is 1. The van der Waals surface area contributed by atoms with E-state index in [9.17, 15) is 14.0 Å². The van der Waals surface area contributed by atoms with E-state index < -0.39 is 11.9 Å². The number of halogens is 1. The van der Waals surface area contributed by atoms with Crippen molar-refractivity contribution in [2.45, 2.75) is 86.4 Å². The van der Waals surface area contributed by atoms with Crippen molar-refractivity contribution >= 4 is 24.1 Å². The molecule has 1 aliphatic rings. The van der Waals surface area contributed by atoms with Crippen LogP contribution in [-0.4, -0.2) is 57.8 Å². The van der Waals surface area contributed by atoms with Gasteiger partial charge in [0.1, 0.15) is 6.07 Å². The predicted octanol–water partition coefficient (Wildman–Crippen LogP) is 8.26. The molecule has 0 aliphatic carbocycles. The van der Waals surface area contributed by atoms with Crippen LogP contribution in [0.15, 0.2) is 42.7 Å². The van der Waals surface area contributed by atoms with Crippen LogP contribution in [0.4, 0.5) is 10.1 Å². The number of ether oxygens (including phenoxy) is 1. The summed E-state index contributed by atoms with van der Waals surface area (Å²) in [5.74, 6) is 0.686. The van der Waals surface area contributed by atoms with Crippen LogP contribution in [0.1, 0.15) is 89.0 Å². The zero-order valence-electron chi connectivity index (χ0n) is 30.9. The third kappa shape index (κ3) is 11.2. The molecule has 0 radical (unpaired) electrons. The molecule has 0 saturated carbocycles. The largest absolute Gasteiger partial charge is 3.00 e. The van der Waals surface area contributed by atoms with Crippen LogP contribution in [0.2, 0.25) is 0 Å². The summed E-state index contributed by atoms with van der Waals surface area (Å²) in [6.07, 6.45) is 10.6. The molecule has 9 nitrogen and oxygen atoms in total. The maximum absolute atomic E-state index is 15.0. The van der Waals surface area contributed by atoms with Gasteiger partial charge in [-0.05, 0) is 44.4 Å². The number of imidazole rings is 1. The topological polar surface area (TPSA) is 103 Å². The summed E-state index contributed by atoms with van der Waals surface area (Å²) in [5.41, 5.74) is 4.01. The van der Waals surface area contributed by atoms with Gasteiger partial charge in [-0.1, -0.05) is 59.6 Å². The van der Waals surface area contributed by atoms with Crippen molar-refractivity contribution in [3.63, 3.8) is 0 Å². The molecule has 50 heavy (non-hydrogen) atoms. The van der Waals surface area contributed by atoms with E-state index in [1.165, 1.54) is 6.07 Å². The van der Waals surface area contributed by atoms with Gasteiger partial charge in [-0.15, -0.1) is 24.2 Å². The molecule has 0 spiro atoms. The number of hydrogen-bond acceptors (Lipinski definition) is 7. The number of hydrogen-bond donors (Lipinski definition) is 1. The summed E-state index contributed by atoms with van der Waals surface area (Å²) in [6, 6.07) is 10.7. The fourth-order valence-corrected chi connectivity index (χ4v) is 5.35. The summed E-state index contributed by atoms with van der Waals surface area (Å²) in [6.45, 7) is 21.9. The van der Waals surface area contributed by atoms with Gasteiger partial charge in [0, 0.05) is 36.6 Å². The van der Waals surface area contributed by atoms with Gasteiger partial charge >= 0.3 is 32.7 Å². The molecule has 0 fully saturated rings. The zero-order valence-corrected chi connectivity index (χ0v) is 33.8. The number of fused-ring (bicyclic) bond motifs is 1. The van der Waals surface area contributed by atoms with Gasteiger partial charge in [0.15, 0.2) is 29.7 Å². The van der Waals surface area contributed by atoms with Gasteiger partial charge in [0.25, 0.3) is 0 Å². The maximum Gasteiger partial charge on any atom is 3.00 e. The van der Waals surface area contributed by atoms with E-state index in [0.29, 0.717) is 29.8 Å². The van der Waals surface area contributed by atoms with E-state index in [-0.39, 0.29) is 56.4 Å². The Morgan fingerprint density at radius 3 is 2.42 bits per heavy atom. The number of nitrogens with one attached hydrogen (secondary N) is 1. The third-order valence-corrected chi connectivity index (χ3v) is 8.28. The van der Waals surface area contributed by atoms with Crippen molar-refractivity contribution in [2.75, 3.05) is 25.5 Å². The SMILES string of the molecule is CC.Cc1cc(NC2c3ncc(-c4ccc(OC(C)C#N)c(F)c4C)n3C=CN2C)ccc1[C-]=O.[CH2-]CN(C[CH2-])C(=O)C(CC)CCCC.[Y+3]. The number of anilines is 1. The fraction of sp³-hybridized carbons (Fsp3) is 0.436. The van der Waals surface area contributed by atoms with Gasteiger partial charge in [-0.25, -0.2) is 9.37 Å². The van der Waals surface area contributed by atoms with Crippen LogP contribution in [-0.2, 0) is 42.3 Å². The molecule has 0 bridgehead atoms. The summed E-state index contributed by atoms with van der Waals surface area (Å²) >= 11 is 0. The molecule has 4 rings (SSSR count). The molecule has 0 saturated heterocycles. The Morgan fingerprint density at radius 1 is 1.18 bits per heavy atom. The minimum Gasteiger partial charge on any atom is -0.473 e. The number of rotatable bonds is 13. The maximum atomic E-state index is 15.0. The molecule has 1 amide bonds. The Morgan fingerprint density at radius 2 is 1.86 bits per heavy atom. The van der Waals surface area contributed by atoms with Crippen LogP contribution in [0, 0.1) is 50.8 Å². The van der Waals surface area contributed by atoms with Gasteiger partial charge in [-0.2, -0.15) is 11.3 Å². The van der Waals surface area contributed by atoms with Crippen molar-refractivity contribution < 1.29 is 51.4 Å². The molecule has 3 unspecified atom stereocenters. The summed E-state index contributed by atoms with van der Waals surface area (Å²) in [4.78, 5) is 31.2. The van der Waals surface area contributed by atoms with Crippen LogP contribution in [0.3, 0.4) is 0 Å². The monoisotopic (exact) mass is 760 g/mol. The molecule has 1 aromatic heterocycles. The second kappa shape index (κ2) is 22.3. The van der Waals surface area contributed by atoms with E-state index in [1.807, 2.05) is 74.2 Å². The number of carbonyl (C=O) groups excluding carboxylic acids is 2. The summed E-state index contributed by atoms with van der Waals surface area (Å²) in [5, 5.41) is 12.4. The first-order valence-electron chi connectivity index (χ1n) is 17.0. The molecule has 266 valence electrons. The van der Waals surface area contributed by atoms with Crippen LogP contribution < -0.4 is 10.1 Å². The van der Waals surface area contributed by atoms with Crippen molar-refractivity contribution in [3.8, 4) is 23.1 Å². The quantitative estimate of drug-likeness (QED) is 0.175. The van der Waals surface area contributed by atoms with Crippen molar-refractivity contribution in [1.82, 2.24) is 19.4 Å². The van der Waals surface area contributed by atoms with Gasteiger partial charge < -0.3 is 38.5 Å². The van der Waals surface area contributed by atoms with E-state index in [2.05, 4.69) is 38.0 Å². The van der Waals surface area contributed by atoms with Crippen molar-refractivity contribution in [2.24, 2.45) is 5.92 Å². The number of amides is 1. The van der Waals surface area contributed by atoms with Crippen molar-refractivity contribution in [1.29, 1.82) is 5.26 Å². The number of nitriles is 1. The molecule has 3 atom stereocenters. The Balaban J connectivity index is 0.000000625. The average Bonchev–Trinajstić information content (AvgIpc) is 3.54. The smallest absolute Gasteiger partial charge is 0.473 e. The first-order chi connectivity index (χ1) is 23.5. The number of unbranched alkanes of at least 4 members (excludes halogenated alkanes) is 1. The Bertz CT molecular complexity index is 1600. The summed E-state index contributed by atoms with van der Waals surface area (Å²) < 4.78 is 22.3. The Hall–Kier alpha value is -3.55. The van der Waals surface area contributed by atoms with Crippen LogP contribution in [0.5, 0.6) is 5.75 Å². The van der Waals surface area contributed by atoms with Gasteiger partial charge in [-0.3, -0.25) is 9.36 Å². The average molecular weight is 761 g/mol. The number of nitrogens with zero attached hydrogens (tertiary/aromatic N) is 5. The number of benzene rings is 2. The van der Waals surface area contributed by atoms with Crippen molar-refractivity contribution in [3.05, 3.63) is 84.9 Å². The molecule has 3 aromatic rings. The normalized spacial score (nSPS) is 13.9. The second-order valence-electron chi connectivity index (χ2n) is 11.5. The standard InChI is InChI=1S/C25H23FN5O2.C12H23NO.C2H6.Y/c1-15-11-19(6-5-18(15)14-32)29-25-24-28-13-21(31(24)10-9-30(25)4)20-7-8-22(23(26)17(20)3)33-16(2)12-27;1-5-9-10-11(6-2)12(14)13(7-3)8-4;1-2;/h5-11,13,16,25,29H,1-4H3;11H,3-10H2,1-2H3;1-2H3;/q-1;-2;;+3. The second-order valence-corrected chi connectivity index (χ2v) is 11.5. The van der Waals surface area contributed by atoms with E-state index in [1.54, 1.807) is 37.1 Å². The zero-order chi connectivity index (χ0) is 36.7. The first kappa shape index (κ1) is 44.5. The third-order valence-electron chi connectivity index (χ3n) is 8.28. The minimum absolute atomic E-state index is 0. The van der Waals surface area contributed by atoms with E-state index >= 15 is 0 Å². The van der Waals surface area contributed by atoms with Gasteiger partial charge in [0.05, 0.1) is 18.2 Å². The van der Waals surface area contributed by atoms with E-state index in [0.717, 1.165) is 48.5 Å². The molecular formula is C39H52FN6O3Y. The first-order valence-corrected chi connectivity index (χ1v) is 17.0. The Kier molecular flexibility index (Phi) is 19.8.